The van der Waals surface area contributed by atoms with Crippen molar-refractivity contribution in [3.05, 3.63) is 87.4 Å². The van der Waals surface area contributed by atoms with Gasteiger partial charge in [0.05, 0.1) is 24.5 Å². The molecule has 7 nitrogen and oxygen atoms in total. The summed E-state index contributed by atoms with van der Waals surface area (Å²) < 4.78 is 17.9. The van der Waals surface area contributed by atoms with Gasteiger partial charge in [-0.3, -0.25) is 14.2 Å². The van der Waals surface area contributed by atoms with Crippen molar-refractivity contribution in [2.24, 2.45) is 0 Å². The second-order valence-electron chi connectivity index (χ2n) is 5.99. The molecule has 0 aliphatic heterocycles. The maximum Gasteiger partial charge on any atom is 0.269 e. The molecule has 0 saturated heterocycles. The van der Waals surface area contributed by atoms with Gasteiger partial charge in [0, 0.05) is 0 Å². The number of aromatic nitrogens is 2. The molecule has 0 radical (unpaired) electrons. The van der Waals surface area contributed by atoms with Gasteiger partial charge in [-0.05, 0) is 36.4 Å². The molecule has 132 valence electrons. The van der Waals surface area contributed by atoms with Crippen LogP contribution in [0.4, 0.5) is 0 Å². The normalized spacial score (nSPS) is 11.4. The molecule has 0 spiro atoms. The lowest BCUT2D eigenvalue weighted by Gasteiger charge is -2.10. The van der Waals surface area contributed by atoms with Gasteiger partial charge >= 0.3 is 0 Å². The van der Waals surface area contributed by atoms with E-state index in [1.54, 1.807) is 48.5 Å². The third-order valence-corrected chi connectivity index (χ3v) is 4.34. The molecule has 0 bridgehead atoms. The van der Waals surface area contributed by atoms with E-state index in [1.165, 1.54) is 17.1 Å². The molecule has 1 aromatic carbocycles. The Balaban J connectivity index is 1.90. The first kappa shape index (κ1) is 15.4. The summed E-state index contributed by atoms with van der Waals surface area (Å²) in [5.41, 5.74) is -0.576. The molecule has 5 rings (SSSR count). The van der Waals surface area contributed by atoms with Gasteiger partial charge < -0.3 is 13.3 Å². The second-order valence-corrected chi connectivity index (χ2v) is 5.99. The van der Waals surface area contributed by atoms with Crippen LogP contribution in [0.25, 0.3) is 33.7 Å². The Morgan fingerprint density at radius 3 is 2.52 bits per heavy atom. The Labute approximate surface area is 151 Å². The van der Waals surface area contributed by atoms with Gasteiger partial charge in [-0.2, -0.15) is 4.98 Å². The molecule has 4 heterocycles. The third-order valence-electron chi connectivity index (χ3n) is 4.34. The molecule has 0 aliphatic carbocycles. The molecule has 27 heavy (non-hydrogen) atoms. The molecule has 7 heteroatoms. The summed E-state index contributed by atoms with van der Waals surface area (Å²) in [7, 11) is 0. The average molecular weight is 360 g/mol. The number of rotatable bonds is 3. The molecule has 0 aliphatic rings. The van der Waals surface area contributed by atoms with Gasteiger partial charge in [0.2, 0.25) is 11.1 Å². The lowest BCUT2D eigenvalue weighted by atomic mass is 10.2. The minimum Gasteiger partial charge on any atom is -0.467 e. The van der Waals surface area contributed by atoms with E-state index in [9.17, 15) is 9.59 Å². The first-order valence-corrected chi connectivity index (χ1v) is 8.25. The van der Waals surface area contributed by atoms with Crippen LogP contribution in [-0.4, -0.2) is 9.55 Å². The minimum atomic E-state index is -0.512. The fourth-order valence-corrected chi connectivity index (χ4v) is 3.08. The number of hydrogen-bond donors (Lipinski definition) is 0. The molecule has 4 aromatic heterocycles. The molecule has 0 amide bonds. The zero-order chi connectivity index (χ0) is 18.4. The van der Waals surface area contributed by atoms with Gasteiger partial charge in [0.1, 0.15) is 11.3 Å². The predicted molar refractivity (Wildman–Crippen MR) is 97.6 cm³/mol. The van der Waals surface area contributed by atoms with Crippen LogP contribution in [0.1, 0.15) is 5.76 Å². The SMILES string of the molecule is O=c1c2ccccc2oc2nc(-c3ccco3)n(Cc3ccco3)c(=O)c12. The fourth-order valence-electron chi connectivity index (χ4n) is 3.08. The van der Waals surface area contributed by atoms with E-state index in [1.807, 2.05) is 0 Å². The number of para-hydroxylation sites is 1. The van der Waals surface area contributed by atoms with Gasteiger partial charge in [-0.25, -0.2) is 0 Å². The van der Waals surface area contributed by atoms with Crippen molar-refractivity contribution in [3.8, 4) is 11.6 Å². The highest BCUT2D eigenvalue weighted by Crippen LogP contribution is 2.21. The zero-order valence-corrected chi connectivity index (χ0v) is 13.9. The van der Waals surface area contributed by atoms with Crippen LogP contribution in [0, 0.1) is 0 Å². The number of fused-ring (bicyclic) bond motifs is 2. The van der Waals surface area contributed by atoms with Crippen LogP contribution in [0.15, 0.2) is 83.9 Å². The Hall–Kier alpha value is -3.87. The second kappa shape index (κ2) is 5.84. The van der Waals surface area contributed by atoms with E-state index in [-0.39, 0.29) is 23.5 Å². The van der Waals surface area contributed by atoms with E-state index < -0.39 is 11.0 Å². The molecule has 5 aromatic rings. The predicted octanol–water partition coefficient (Wildman–Crippen LogP) is 3.40. The Morgan fingerprint density at radius 2 is 1.74 bits per heavy atom. The first-order chi connectivity index (χ1) is 13.2. The van der Waals surface area contributed by atoms with E-state index in [2.05, 4.69) is 4.98 Å². The van der Waals surface area contributed by atoms with Crippen molar-refractivity contribution in [1.82, 2.24) is 9.55 Å². The van der Waals surface area contributed by atoms with E-state index in [4.69, 9.17) is 13.3 Å². The maximum atomic E-state index is 13.2. The topological polar surface area (TPSA) is 91.4 Å². The van der Waals surface area contributed by atoms with Crippen molar-refractivity contribution in [3.63, 3.8) is 0 Å². The van der Waals surface area contributed by atoms with Gasteiger partial charge in [-0.15, -0.1) is 0 Å². The van der Waals surface area contributed by atoms with Crippen molar-refractivity contribution >= 4 is 22.1 Å². The number of hydrogen-bond acceptors (Lipinski definition) is 6. The fraction of sp³-hybridized carbons (Fsp3) is 0.0500. The van der Waals surface area contributed by atoms with Crippen LogP contribution in [0.5, 0.6) is 0 Å². The summed E-state index contributed by atoms with van der Waals surface area (Å²) in [5.74, 6) is 1.19. The molecule has 0 saturated carbocycles. The highest BCUT2D eigenvalue weighted by atomic mass is 16.3. The summed E-state index contributed by atoms with van der Waals surface area (Å²) in [6.07, 6.45) is 3.00. The van der Waals surface area contributed by atoms with E-state index in [0.717, 1.165) is 0 Å². The summed E-state index contributed by atoms with van der Waals surface area (Å²) in [6.45, 7) is 0.108. The highest BCUT2D eigenvalue weighted by molar-refractivity contribution is 5.88. The number of furan rings is 2. The van der Waals surface area contributed by atoms with Gasteiger partial charge in [0.25, 0.3) is 5.56 Å². The molecule has 0 unspecified atom stereocenters. The van der Waals surface area contributed by atoms with Crippen molar-refractivity contribution in [2.75, 3.05) is 0 Å². The highest BCUT2D eigenvalue weighted by Gasteiger charge is 2.20. The first-order valence-electron chi connectivity index (χ1n) is 8.25. The molecule has 0 fully saturated rings. The minimum absolute atomic E-state index is 0.0224. The van der Waals surface area contributed by atoms with Crippen molar-refractivity contribution < 1.29 is 13.3 Å². The average Bonchev–Trinajstić information content (AvgIpc) is 3.38. The molecule has 0 N–H and O–H groups in total. The summed E-state index contributed by atoms with van der Waals surface area (Å²) >= 11 is 0. The zero-order valence-electron chi connectivity index (χ0n) is 13.9. The van der Waals surface area contributed by atoms with Crippen molar-refractivity contribution in [1.29, 1.82) is 0 Å². The van der Waals surface area contributed by atoms with Crippen LogP contribution < -0.4 is 11.0 Å². The summed E-state index contributed by atoms with van der Waals surface area (Å²) in [5, 5.41) is 0.231. The summed E-state index contributed by atoms with van der Waals surface area (Å²) in [6, 6.07) is 13.6. The summed E-state index contributed by atoms with van der Waals surface area (Å²) in [4.78, 5) is 30.5. The quantitative estimate of drug-likeness (QED) is 0.458. The molecular weight excluding hydrogens is 348 g/mol. The van der Waals surface area contributed by atoms with Crippen LogP contribution >= 0.6 is 0 Å². The Kier molecular flexibility index (Phi) is 3.33. The van der Waals surface area contributed by atoms with Crippen molar-refractivity contribution in [2.45, 2.75) is 6.54 Å². The van der Waals surface area contributed by atoms with Crippen LogP contribution in [-0.2, 0) is 6.54 Å². The smallest absolute Gasteiger partial charge is 0.269 e. The maximum absolute atomic E-state index is 13.2. The Morgan fingerprint density at radius 1 is 0.926 bits per heavy atom. The lowest BCUT2D eigenvalue weighted by Crippen LogP contribution is -2.27. The number of benzene rings is 1. The van der Waals surface area contributed by atoms with Crippen LogP contribution in [0.2, 0.25) is 0 Å². The molecule has 0 atom stereocenters. The Bertz CT molecular complexity index is 1380. The monoisotopic (exact) mass is 360 g/mol. The number of nitrogens with zero attached hydrogens (tertiary/aromatic N) is 2. The largest absolute Gasteiger partial charge is 0.467 e. The lowest BCUT2D eigenvalue weighted by molar-refractivity contribution is 0.486. The van der Waals surface area contributed by atoms with E-state index in [0.29, 0.717) is 22.5 Å². The molecular formula is C20H12N2O5. The standard InChI is InChI=1S/C20H12N2O5/c23-17-13-6-1-2-7-14(13)27-19-16(17)20(24)22(11-12-5-3-9-25-12)18(21-19)15-8-4-10-26-15/h1-10H,11H2. The van der Waals surface area contributed by atoms with Gasteiger partial charge in [0.15, 0.2) is 17.0 Å². The van der Waals surface area contributed by atoms with E-state index >= 15 is 0 Å². The third kappa shape index (κ3) is 2.40. The van der Waals surface area contributed by atoms with Crippen LogP contribution in [0.3, 0.4) is 0 Å². The van der Waals surface area contributed by atoms with Gasteiger partial charge in [-0.1, -0.05) is 12.1 Å².